The summed E-state index contributed by atoms with van der Waals surface area (Å²) in [6, 6.07) is 9.34. The summed E-state index contributed by atoms with van der Waals surface area (Å²) in [6.45, 7) is 6.72. The number of hydrogen-bond acceptors (Lipinski definition) is 4. The van der Waals surface area contributed by atoms with Crippen molar-refractivity contribution >= 4 is 11.8 Å². The van der Waals surface area contributed by atoms with Crippen LogP contribution >= 0.6 is 0 Å². The zero-order valence-electron chi connectivity index (χ0n) is 12.9. The van der Waals surface area contributed by atoms with Gasteiger partial charge in [-0.05, 0) is 33.3 Å². The molecule has 0 aromatic heterocycles. The molecule has 0 aliphatic heterocycles. The Morgan fingerprint density at radius 2 is 1.86 bits per heavy atom. The van der Waals surface area contributed by atoms with Crippen molar-refractivity contribution in [2.24, 2.45) is 5.92 Å². The summed E-state index contributed by atoms with van der Waals surface area (Å²) in [5, 5.41) is 10.5. The van der Waals surface area contributed by atoms with Crippen LogP contribution in [0.15, 0.2) is 30.3 Å². The molecular formula is C17H22O4. The number of ether oxygens (including phenoxy) is 1. The second kappa shape index (κ2) is 5.26. The lowest BCUT2D eigenvalue weighted by molar-refractivity contribution is -0.169. The van der Waals surface area contributed by atoms with E-state index in [-0.39, 0.29) is 18.1 Å². The van der Waals surface area contributed by atoms with Gasteiger partial charge in [-0.2, -0.15) is 0 Å². The van der Waals surface area contributed by atoms with Crippen LogP contribution < -0.4 is 0 Å². The Balaban J connectivity index is 2.37. The predicted molar refractivity (Wildman–Crippen MR) is 78.8 cm³/mol. The van der Waals surface area contributed by atoms with Gasteiger partial charge < -0.3 is 9.84 Å². The molecule has 4 nitrogen and oxygen atoms in total. The van der Waals surface area contributed by atoms with Gasteiger partial charge in [0.15, 0.2) is 5.78 Å². The zero-order valence-corrected chi connectivity index (χ0v) is 12.9. The minimum Gasteiger partial charge on any atom is -0.460 e. The molecule has 0 heterocycles. The van der Waals surface area contributed by atoms with E-state index < -0.39 is 23.1 Å². The molecule has 0 saturated heterocycles. The van der Waals surface area contributed by atoms with Crippen LogP contribution in [-0.2, 0) is 14.3 Å². The summed E-state index contributed by atoms with van der Waals surface area (Å²) >= 11 is 0. The van der Waals surface area contributed by atoms with Crippen LogP contribution in [-0.4, -0.2) is 28.1 Å². The maximum atomic E-state index is 12.5. The fourth-order valence-corrected chi connectivity index (χ4v) is 2.86. The second-order valence-corrected chi connectivity index (χ2v) is 6.80. The van der Waals surface area contributed by atoms with Gasteiger partial charge in [-0.1, -0.05) is 30.3 Å². The van der Waals surface area contributed by atoms with E-state index in [2.05, 4.69) is 0 Å². The van der Waals surface area contributed by atoms with E-state index in [1.807, 2.05) is 30.3 Å². The fourth-order valence-electron chi connectivity index (χ4n) is 2.86. The Labute approximate surface area is 125 Å². The van der Waals surface area contributed by atoms with E-state index in [1.54, 1.807) is 20.8 Å². The third kappa shape index (κ3) is 3.16. The SMILES string of the molecule is CC(C)(C)OC(=O)[C@H]1[C@H](c2ccccc2)CC(=O)[C@]1(C)O. The monoisotopic (exact) mass is 290 g/mol. The molecule has 21 heavy (non-hydrogen) atoms. The summed E-state index contributed by atoms with van der Waals surface area (Å²) < 4.78 is 5.41. The molecule has 3 atom stereocenters. The van der Waals surface area contributed by atoms with Gasteiger partial charge in [0.2, 0.25) is 0 Å². The van der Waals surface area contributed by atoms with Crippen LogP contribution in [0.2, 0.25) is 0 Å². The summed E-state index contributed by atoms with van der Waals surface area (Å²) in [5.74, 6) is -2.05. The predicted octanol–water partition coefficient (Wildman–Crippen LogP) is 2.45. The second-order valence-electron chi connectivity index (χ2n) is 6.80. The van der Waals surface area contributed by atoms with E-state index in [0.717, 1.165) is 5.56 Å². The molecule has 0 spiro atoms. The van der Waals surface area contributed by atoms with Crippen molar-refractivity contribution < 1.29 is 19.4 Å². The number of esters is 1. The highest BCUT2D eigenvalue weighted by Gasteiger charge is 2.55. The molecule has 0 amide bonds. The minimum absolute atomic E-state index is 0.154. The van der Waals surface area contributed by atoms with Crippen LogP contribution in [0.25, 0.3) is 0 Å². The molecule has 0 bridgehead atoms. The molecule has 1 aliphatic carbocycles. The molecule has 0 radical (unpaired) electrons. The first-order valence-corrected chi connectivity index (χ1v) is 7.16. The van der Waals surface area contributed by atoms with Crippen molar-refractivity contribution in [1.29, 1.82) is 0 Å². The topological polar surface area (TPSA) is 63.6 Å². The summed E-state index contributed by atoms with van der Waals surface area (Å²) in [5.41, 5.74) is -1.46. The smallest absolute Gasteiger partial charge is 0.313 e. The van der Waals surface area contributed by atoms with Gasteiger partial charge in [-0.15, -0.1) is 0 Å². The van der Waals surface area contributed by atoms with Crippen molar-refractivity contribution in [1.82, 2.24) is 0 Å². The zero-order chi connectivity index (χ0) is 15.8. The van der Waals surface area contributed by atoms with Crippen molar-refractivity contribution in [2.75, 3.05) is 0 Å². The number of Topliss-reactive ketones (excluding diaryl/α,β-unsaturated/α-hetero) is 1. The van der Waals surface area contributed by atoms with Crippen molar-refractivity contribution in [3.63, 3.8) is 0 Å². The summed E-state index contributed by atoms with van der Waals surface area (Å²) in [6.07, 6.45) is 0.154. The number of carbonyl (C=O) groups excluding carboxylic acids is 2. The van der Waals surface area contributed by atoms with Gasteiger partial charge >= 0.3 is 5.97 Å². The molecular weight excluding hydrogens is 268 g/mol. The van der Waals surface area contributed by atoms with Crippen molar-refractivity contribution in [2.45, 2.75) is 51.2 Å². The molecule has 1 fully saturated rings. The quantitative estimate of drug-likeness (QED) is 0.850. The van der Waals surface area contributed by atoms with Crippen LogP contribution in [0.3, 0.4) is 0 Å². The lowest BCUT2D eigenvalue weighted by Crippen LogP contribution is -2.44. The normalized spacial score (nSPS) is 29.5. The summed E-state index contributed by atoms with van der Waals surface area (Å²) in [4.78, 5) is 24.6. The maximum absolute atomic E-state index is 12.5. The molecule has 1 aliphatic rings. The highest BCUT2D eigenvalue weighted by Crippen LogP contribution is 2.44. The van der Waals surface area contributed by atoms with Crippen LogP contribution in [0.1, 0.15) is 45.6 Å². The van der Waals surface area contributed by atoms with Gasteiger partial charge in [0.25, 0.3) is 0 Å². The maximum Gasteiger partial charge on any atom is 0.313 e. The average Bonchev–Trinajstić information content (AvgIpc) is 2.59. The van der Waals surface area contributed by atoms with Gasteiger partial charge in [0.1, 0.15) is 11.2 Å². The Morgan fingerprint density at radius 3 is 2.38 bits per heavy atom. The Bertz CT molecular complexity index is 540. The molecule has 1 aromatic rings. The molecule has 1 aromatic carbocycles. The largest absolute Gasteiger partial charge is 0.460 e. The Kier molecular flexibility index (Phi) is 3.93. The number of hydrogen-bond donors (Lipinski definition) is 1. The third-order valence-corrected chi connectivity index (χ3v) is 3.87. The lowest BCUT2D eigenvalue weighted by Gasteiger charge is -2.30. The van der Waals surface area contributed by atoms with Gasteiger partial charge in [-0.25, -0.2) is 0 Å². The highest BCUT2D eigenvalue weighted by molar-refractivity contribution is 5.97. The number of ketones is 1. The Morgan fingerprint density at radius 1 is 1.29 bits per heavy atom. The number of rotatable bonds is 2. The highest BCUT2D eigenvalue weighted by atomic mass is 16.6. The molecule has 1 N–H and O–H groups in total. The first-order chi connectivity index (χ1) is 9.63. The van der Waals surface area contributed by atoms with Crippen molar-refractivity contribution in [3.8, 4) is 0 Å². The van der Waals surface area contributed by atoms with Gasteiger partial charge in [0.05, 0.1) is 5.92 Å². The standard InChI is InChI=1S/C17H22O4/c1-16(2,3)21-15(19)14-12(10-13(18)17(14,4)20)11-8-6-5-7-9-11/h5-9,12,14,20H,10H2,1-4H3/t12-,14+,17-/m0/s1. The lowest BCUT2D eigenvalue weighted by atomic mass is 9.83. The molecule has 0 unspecified atom stereocenters. The number of aliphatic hydroxyl groups is 1. The van der Waals surface area contributed by atoms with E-state index >= 15 is 0 Å². The summed E-state index contributed by atoms with van der Waals surface area (Å²) in [7, 11) is 0. The molecule has 4 heteroatoms. The number of benzene rings is 1. The van der Waals surface area contributed by atoms with Crippen molar-refractivity contribution in [3.05, 3.63) is 35.9 Å². The van der Waals surface area contributed by atoms with Gasteiger partial charge in [-0.3, -0.25) is 9.59 Å². The minimum atomic E-state index is -1.68. The Hall–Kier alpha value is -1.68. The van der Waals surface area contributed by atoms with Crippen LogP contribution in [0.5, 0.6) is 0 Å². The molecule has 1 saturated carbocycles. The van der Waals surface area contributed by atoms with Gasteiger partial charge in [0, 0.05) is 12.3 Å². The van der Waals surface area contributed by atoms with Crippen LogP contribution in [0.4, 0.5) is 0 Å². The third-order valence-electron chi connectivity index (χ3n) is 3.87. The van der Waals surface area contributed by atoms with Crippen LogP contribution in [0, 0.1) is 5.92 Å². The van der Waals surface area contributed by atoms with E-state index in [0.29, 0.717) is 0 Å². The van der Waals surface area contributed by atoms with E-state index in [9.17, 15) is 14.7 Å². The number of carbonyl (C=O) groups is 2. The molecule has 2 rings (SSSR count). The fraction of sp³-hybridized carbons (Fsp3) is 0.529. The first-order valence-electron chi connectivity index (χ1n) is 7.16. The average molecular weight is 290 g/mol. The van der Waals surface area contributed by atoms with E-state index in [4.69, 9.17) is 4.74 Å². The molecule has 114 valence electrons. The first kappa shape index (κ1) is 15.7. The van der Waals surface area contributed by atoms with E-state index in [1.165, 1.54) is 6.92 Å².